The van der Waals surface area contributed by atoms with E-state index < -0.39 is 26.0 Å². The lowest BCUT2D eigenvalue weighted by atomic mass is 9.89. The third-order valence-electron chi connectivity index (χ3n) is 10.7. The van der Waals surface area contributed by atoms with E-state index >= 15 is 0 Å². The van der Waals surface area contributed by atoms with Crippen LogP contribution in [0.1, 0.15) is 174 Å². The fourth-order valence-corrected chi connectivity index (χ4v) is 8.18. The van der Waals surface area contributed by atoms with E-state index in [-0.39, 0.29) is 56.8 Å². The van der Waals surface area contributed by atoms with Gasteiger partial charge in [0.2, 0.25) is 0 Å². The molecule has 7 atom stereocenters. The number of esters is 1. The summed E-state index contributed by atoms with van der Waals surface area (Å²) in [6.07, 6.45) is 35.1. The van der Waals surface area contributed by atoms with Crippen molar-refractivity contribution in [2.24, 2.45) is 17.6 Å². The first kappa shape index (κ1) is 50.0. The summed E-state index contributed by atoms with van der Waals surface area (Å²) in [5.74, 6) is 0.0833. The number of allylic oxidation sites excluding steroid dienone is 2. The zero-order valence-corrected chi connectivity index (χ0v) is 35.6. The lowest BCUT2D eigenvalue weighted by molar-refractivity contribution is -0.336. The van der Waals surface area contributed by atoms with Crippen molar-refractivity contribution in [3.8, 4) is 0 Å². The maximum absolute atomic E-state index is 12.7. The van der Waals surface area contributed by atoms with Crippen LogP contribution < -0.4 is 5.73 Å². The van der Waals surface area contributed by atoms with Crippen molar-refractivity contribution in [1.82, 2.24) is 0 Å². The first-order valence-corrected chi connectivity index (χ1v) is 23.7. The van der Waals surface area contributed by atoms with Gasteiger partial charge in [-0.2, -0.15) is 0 Å². The lowest BCUT2D eigenvalue weighted by Gasteiger charge is -2.27. The second kappa shape index (κ2) is 32.8. The number of carbonyl (C=O) groups is 1. The highest BCUT2D eigenvalue weighted by Crippen LogP contribution is 2.45. The highest BCUT2D eigenvalue weighted by Gasteiger charge is 2.49. The molecule has 1 saturated carbocycles. The van der Waals surface area contributed by atoms with Crippen LogP contribution in [0.15, 0.2) is 24.3 Å². The van der Waals surface area contributed by atoms with Gasteiger partial charge in [-0.1, -0.05) is 154 Å². The molecule has 4 N–H and O–H groups in total. The smallest absolute Gasteiger partial charge is 0.457 e. The van der Waals surface area contributed by atoms with E-state index in [1.807, 2.05) is 6.08 Å². The van der Waals surface area contributed by atoms with Gasteiger partial charge < -0.3 is 25.2 Å². The molecular weight excluding hydrogens is 721 g/mol. The second-order valence-corrected chi connectivity index (χ2v) is 17.1. The largest absolute Gasteiger partial charge is 0.472 e. The third-order valence-corrected chi connectivity index (χ3v) is 11.7. The van der Waals surface area contributed by atoms with Gasteiger partial charge in [-0.25, -0.2) is 14.3 Å². The van der Waals surface area contributed by atoms with E-state index in [0.29, 0.717) is 19.4 Å². The van der Waals surface area contributed by atoms with Crippen molar-refractivity contribution in [1.29, 1.82) is 0 Å². The zero-order chi connectivity index (χ0) is 39.8. The van der Waals surface area contributed by atoms with Crippen molar-refractivity contribution in [2.45, 2.75) is 199 Å². The molecule has 1 saturated heterocycles. The quantitative estimate of drug-likeness (QED) is 0.0180. The van der Waals surface area contributed by atoms with Crippen LogP contribution in [-0.4, -0.2) is 73.4 Å². The Hall–Kier alpha value is -1.14. The van der Waals surface area contributed by atoms with Crippen LogP contribution in [0.2, 0.25) is 0 Å². The van der Waals surface area contributed by atoms with Crippen LogP contribution in [0.4, 0.5) is 0 Å². The fourth-order valence-electron chi connectivity index (χ4n) is 7.42. The molecule has 2 bridgehead atoms. The monoisotopic (exact) mass is 802 g/mol. The number of hydrogen-bond acceptors (Lipinski definition) is 10. The van der Waals surface area contributed by atoms with Crippen molar-refractivity contribution in [3.63, 3.8) is 0 Å². The molecule has 2 fully saturated rings. The van der Waals surface area contributed by atoms with Gasteiger partial charge in [0.15, 0.2) is 0 Å². The number of hydrogen-bond donors (Lipinski definition) is 3. The number of aliphatic hydroxyl groups excluding tert-OH is 1. The van der Waals surface area contributed by atoms with Crippen LogP contribution >= 0.6 is 7.82 Å². The van der Waals surface area contributed by atoms with E-state index in [2.05, 4.69) is 32.1 Å². The summed E-state index contributed by atoms with van der Waals surface area (Å²) in [5, 5.41) is 10.4. The number of fused-ring (bicyclic) bond motifs is 2. The van der Waals surface area contributed by atoms with E-state index in [0.717, 1.165) is 51.4 Å². The predicted molar refractivity (Wildman–Crippen MR) is 219 cm³/mol. The molecule has 1 aliphatic heterocycles. The van der Waals surface area contributed by atoms with Crippen LogP contribution in [0.3, 0.4) is 0 Å². The lowest BCUT2D eigenvalue weighted by Crippen LogP contribution is -2.29. The average molecular weight is 802 g/mol. The van der Waals surface area contributed by atoms with Gasteiger partial charge in [-0.05, 0) is 32.1 Å². The second-order valence-electron chi connectivity index (χ2n) is 15.7. The summed E-state index contributed by atoms with van der Waals surface area (Å²) in [6.45, 7) is 4.66. The average Bonchev–Trinajstić information content (AvgIpc) is 3.78. The molecule has 322 valence electrons. The minimum Gasteiger partial charge on any atom is -0.457 e. The molecule has 55 heavy (non-hydrogen) atoms. The Balaban J connectivity index is 1.62. The molecule has 1 heterocycles. The van der Waals surface area contributed by atoms with Crippen molar-refractivity contribution in [2.75, 3.05) is 33.0 Å². The van der Waals surface area contributed by atoms with E-state index in [9.17, 15) is 19.4 Å². The van der Waals surface area contributed by atoms with Gasteiger partial charge >= 0.3 is 13.8 Å². The van der Waals surface area contributed by atoms with Crippen molar-refractivity contribution >= 4 is 13.8 Å². The summed E-state index contributed by atoms with van der Waals surface area (Å²) in [5.41, 5.74) is 5.38. The van der Waals surface area contributed by atoms with Gasteiger partial charge in [0.1, 0.15) is 12.2 Å². The maximum Gasteiger partial charge on any atom is 0.472 e. The number of nitrogens with two attached hydrogens (primary N) is 1. The SMILES string of the molecule is CCCCCCCCCCCCCCCCCCOCC(COP(=O)(O)OCCN)OC(=O)CCC/C=C\CC1C2CC(OO2)C1/C=C/C(O)CCCCC. The van der Waals surface area contributed by atoms with Crippen LogP contribution in [0.25, 0.3) is 0 Å². The molecule has 0 aromatic heterocycles. The van der Waals surface area contributed by atoms with Gasteiger partial charge in [-0.3, -0.25) is 13.8 Å². The number of unbranched alkanes of at least 4 members (excludes halogenated alkanes) is 18. The molecule has 7 unspecified atom stereocenters. The molecule has 0 amide bonds. The number of phosphoric ester groups is 1. The summed E-state index contributed by atoms with van der Waals surface area (Å²) in [7, 11) is -4.32. The van der Waals surface area contributed by atoms with E-state index in [1.165, 1.54) is 89.9 Å². The first-order valence-electron chi connectivity index (χ1n) is 22.2. The third kappa shape index (κ3) is 25.1. The number of aliphatic hydroxyl groups is 1. The number of carbonyl (C=O) groups excluding carboxylic acids is 1. The van der Waals surface area contributed by atoms with Gasteiger partial charge in [0, 0.05) is 37.8 Å². The normalized spacial score (nSPS) is 21.8. The summed E-state index contributed by atoms with van der Waals surface area (Å²) in [6, 6.07) is 0. The first-order chi connectivity index (χ1) is 26.8. The van der Waals surface area contributed by atoms with Crippen molar-refractivity contribution < 1.29 is 47.7 Å². The van der Waals surface area contributed by atoms with E-state index in [1.54, 1.807) is 0 Å². The molecule has 0 spiro atoms. The highest BCUT2D eigenvalue weighted by atomic mass is 31.2. The van der Waals surface area contributed by atoms with Gasteiger partial charge in [0.05, 0.1) is 32.0 Å². The predicted octanol–water partition coefficient (Wildman–Crippen LogP) is 10.2. The molecule has 11 nitrogen and oxygen atoms in total. The highest BCUT2D eigenvalue weighted by molar-refractivity contribution is 7.47. The number of phosphoric acid groups is 1. The van der Waals surface area contributed by atoms with Crippen LogP contribution in [0, 0.1) is 11.8 Å². The molecule has 0 aromatic carbocycles. The minimum absolute atomic E-state index is 0.0269. The zero-order valence-electron chi connectivity index (χ0n) is 34.7. The summed E-state index contributed by atoms with van der Waals surface area (Å²) >= 11 is 0. The standard InChI is InChI=1S/C43H80NO10P/c1-3-5-7-8-9-10-11-12-13-14-15-16-17-18-21-25-32-49-35-38(36-51-55(47,48)50-33-31-44)52-43(46)28-24-20-19-23-27-39-40(42-34-41(39)53-54-42)30-29-37(45)26-22-6-4-2/h19,23,29-30,37-42,45H,3-18,20-22,24-28,31-36,44H2,1-2H3,(H,47,48)/b23-19-,30-29+. The molecule has 2 aliphatic rings. The molecule has 0 radical (unpaired) electrons. The minimum atomic E-state index is -4.32. The number of rotatable bonds is 38. The number of ether oxygens (including phenoxy) is 2. The Bertz CT molecular complexity index is 1040. The Kier molecular flexibility index (Phi) is 29.8. The Morgan fingerprint density at radius 2 is 1.38 bits per heavy atom. The van der Waals surface area contributed by atoms with Gasteiger partial charge in [-0.15, -0.1) is 0 Å². The summed E-state index contributed by atoms with van der Waals surface area (Å²) in [4.78, 5) is 33.7. The van der Waals surface area contributed by atoms with Gasteiger partial charge in [0.25, 0.3) is 0 Å². The Morgan fingerprint density at radius 3 is 2.02 bits per heavy atom. The van der Waals surface area contributed by atoms with Crippen molar-refractivity contribution in [3.05, 3.63) is 24.3 Å². The molecular formula is C43H80NO10P. The van der Waals surface area contributed by atoms with Crippen LogP contribution in [-0.2, 0) is 37.7 Å². The fraction of sp³-hybridized carbons (Fsp3) is 0.884. The Labute approximate surface area is 334 Å². The summed E-state index contributed by atoms with van der Waals surface area (Å²) < 4.78 is 33.5. The van der Waals surface area contributed by atoms with Crippen LogP contribution in [0.5, 0.6) is 0 Å². The molecule has 2 rings (SSSR count). The maximum atomic E-state index is 12.7. The molecule has 1 aliphatic carbocycles. The molecule has 12 heteroatoms. The topological polar surface area (TPSA) is 156 Å². The Morgan fingerprint density at radius 1 is 0.782 bits per heavy atom. The molecule has 0 aromatic rings. The van der Waals surface area contributed by atoms with E-state index in [4.69, 9.17) is 34.0 Å².